The molecule has 0 amide bonds. The summed E-state index contributed by atoms with van der Waals surface area (Å²) in [4.78, 5) is 15.6. The van der Waals surface area contributed by atoms with Crippen LogP contribution < -0.4 is 0 Å². The highest BCUT2D eigenvalue weighted by atomic mass is 35.5. The van der Waals surface area contributed by atoms with Crippen molar-refractivity contribution < 1.29 is 32.3 Å². The molecule has 1 aliphatic heterocycles. The Hall–Kier alpha value is -2.32. The zero-order valence-electron chi connectivity index (χ0n) is 13.8. The maximum atomic E-state index is 14.8. The van der Waals surface area contributed by atoms with Crippen LogP contribution >= 0.6 is 23.2 Å². The minimum absolute atomic E-state index is 0.0377. The molecule has 1 N–H and O–H groups in total. The number of carboxylic acids is 1. The number of hydrogen-bond donors (Lipinski definition) is 1. The summed E-state index contributed by atoms with van der Waals surface area (Å²) >= 11 is 11.6. The molecule has 3 rings (SSSR count). The lowest BCUT2D eigenvalue weighted by atomic mass is 9.86. The third-order valence-electron chi connectivity index (χ3n) is 4.28. The van der Waals surface area contributed by atoms with E-state index in [-0.39, 0.29) is 21.2 Å². The molecule has 0 spiro atoms. The molecular formula is C18H11Cl2F4NO3. The lowest BCUT2D eigenvalue weighted by molar-refractivity contribution is -0.275. The number of carbonyl (C=O) groups is 1. The molecule has 4 nitrogen and oxygen atoms in total. The predicted molar refractivity (Wildman–Crippen MR) is 94.6 cm³/mol. The maximum Gasteiger partial charge on any atom is 0.435 e. The first-order chi connectivity index (χ1) is 13.0. The molecule has 1 heterocycles. The number of nitrogens with zero attached hydrogens (tertiary/aromatic N) is 1. The topological polar surface area (TPSA) is 58.9 Å². The Labute approximate surface area is 166 Å². The van der Waals surface area contributed by atoms with Gasteiger partial charge in [0.2, 0.25) is 0 Å². The number of carboxylic acid groups (broad SMARTS) is 1. The Bertz CT molecular complexity index is 927. The van der Waals surface area contributed by atoms with Crippen molar-refractivity contribution in [1.29, 1.82) is 0 Å². The van der Waals surface area contributed by atoms with E-state index in [9.17, 15) is 22.4 Å². The van der Waals surface area contributed by atoms with E-state index in [0.29, 0.717) is 0 Å². The van der Waals surface area contributed by atoms with Gasteiger partial charge in [-0.3, -0.25) is 0 Å². The Morgan fingerprint density at radius 2 is 1.71 bits per heavy atom. The van der Waals surface area contributed by atoms with E-state index in [4.69, 9.17) is 33.1 Å². The summed E-state index contributed by atoms with van der Waals surface area (Å²) in [5, 5.41) is 12.1. The van der Waals surface area contributed by atoms with Crippen LogP contribution in [0.3, 0.4) is 0 Å². The summed E-state index contributed by atoms with van der Waals surface area (Å²) in [5.41, 5.74) is -3.95. The lowest BCUT2D eigenvalue weighted by Gasteiger charge is -2.29. The predicted octanol–water partition coefficient (Wildman–Crippen LogP) is 5.94. The van der Waals surface area contributed by atoms with Crippen molar-refractivity contribution in [3.8, 4) is 0 Å². The Balaban J connectivity index is 1.93. The molecule has 10 heteroatoms. The average molecular weight is 436 g/mol. The highest BCUT2D eigenvalue weighted by Crippen LogP contribution is 2.50. The first kappa shape index (κ1) is 20.4. The van der Waals surface area contributed by atoms with Crippen LogP contribution in [0.4, 0.5) is 17.6 Å². The van der Waals surface area contributed by atoms with E-state index in [1.54, 1.807) is 0 Å². The van der Waals surface area contributed by atoms with E-state index < -0.39 is 41.6 Å². The SMILES string of the molecule is O=C(O)c1ccc(C(F)C2=NOC(c3cc(Cl)cc(Cl)c3)(C(F)(F)F)C2)cc1. The van der Waals surface area contributed by atoms with Crippen molar-refractivity contribution in [3.05, 3.63) is 69.2 Å². The molecule has 0 radical (unpaired) electrons. The van der Waals surface area contributed by atoms with Gasteiger partial charge in [0.1, 0.15) is 5.71 Å². The second-order valence-electron chi connectivity index (χ2n) is 6.12. The van der Waals surface area contributed by atoms with Crippen LogP contribution in [0.5, 0.6) is 0 Å². The Morgan fingerprint density at radius 1 is 1.14 bits per heavy atom. The van der Waals surface area contributed by atoms with Crippen molar-refractivity contribution in [1.82, 2.24) is 0 Å². The molecule has 0 saturated heterocycles. The van der Waals surface area contributed by atoms with Crippen LogP contribution in [-0.2, 0) is 10.4 Å². The molecule has 0 aromatic heterocycles. The lowest BCUT2D eigenvalue weighted by Crippen LogP contribution is -2.42. The van der Waals surface area contributed by atoms with Crippen LogP contribution in [0.15, 0.2) is 47.6 Å². The summed E-state index contributed by atoms with van der Waals surface area (Å²) in [6, 6.07) is 7.96. The smallest absolute Gasteiger partial charge is 0.435 e. The fourth-order valence-electron chi connectivity index (χ4n) is 2.84. The second kappa shape index (κ2) is 7.25. The number of rotatable bonds is 4. The van der Waals surface area contributed by atoms with Crippen molar-refractivity contribution in [2.75, 3.05) is 0 Å². The summed E-state index contributed by atoms with van der Waals surface area (Å²) in [7, 11) is 0. The quantitative estimate of drug-likeness (QED) is 0.604. The summed E-state index contributed by atoms with van der Waals surface area (Å²) in [6.07, 6.45) is -7.85. The van der Waals surface area contributed by atoms with Crippen molar-refractivity contribution in [2.24, 2.45) is 5.16 Å². The molecular weight excluding hydrogens is 425 g/mol. The Kier molecular flexibility index (Phi) is 5.29. The summed E-state index contributed by atoms with van der Waals surface area (Å²) in [6.45, 7) is 0. The zero-order chi connectivity index (χ0) is 20.7. The van der Waals surface area contributed by atoms with Crippen molar-refractivity contribution >= 4 is 34.9 Å². The van der Waals surface area contributed by atoms with Gasteiger partial charge in [0, 0.05) is 22.0 Å². The first-order valence-electron chi connectivity index (χ1n) is 7.79. The third kappa shape index (κ3) is 3.66. The fourth-order valence-corrected chi connectivity index (χ4v) is 3.36. The van der Waals surface area contributed by atoms with Gasteiger partial charge in [-0.15, -0.1) is 0 Å². The number of alkyl halides is 4. The van der Waals surface area contributed by atoms with E-state index in [0.717, 1.165) is 24.3 Å². The molecule has 0 saturated carbocycles. The molecule has 0 bridgehead atoms. The third-order valence-corrected chi connectivity index (χ3v) is 4.71. The van der Waals surface area contributed by atoms with Crippen LogP contribution in [0, 0.1) is 0 Å². The van der Waals surface area contributed by atoms with E-state index in [2.05, 4.69) is 5.16 Å². The van der Waals surface area contributed by atoms with Gasteiger partial charge in [-0.05, 0) is 35.9 Å². The highest BCUT2D eigenvalue weighted by molar-refractivity contribution is 6.34. The summed E-state index contributed by atoms with van der Waals surface area (Å²) < 4.78 is 56.4. The number of benzene rings is 2. The average Bonchev–Trinajstić information content (AvgIpc) is 3.07. The molecule has 2 aromatic carbocycles. The van der Waals surface area contributed by atoms with Gasteiger partial charge in [-0.2, -0.15) is 13.2 Å². The molecule has 0 fully saturated rings. The molecule has 28 heavy (non-hydrogen) atoms. The minimum Gasteiger partial charge on any atom is -0.478 e. The minimum atomic E-state index is -4.93. The fraction of sp³-hybridized carbons (Fsp3) is 0.222. The summed E-state index contributed by atoms with van der Waals surface area (Å²) in [5.74, 6) is -1.21. The maximum absolute atomic E-state index is 14.8. The molecule has 2 atom stereocenters. The monoisotopic (exact) mass is 435 g/mol. The number of halogens is 6. The van der Waals surface area contributed by atoms with Gasteiger partial charge in [0.05, 0.1) is 5.56 Å². The largest absolute Gasteiger partial charge is 0.478 e. The van der Waals surface area contributed by atoms with Gasteiger partial charge < -0.3 is 9.94 Å². The molecule has 148 valence electrons. The van der Waals surface area contributed by atoms with E-state index >= 15 is 0 Å². The number of aromatic carboxylic acids is 1. The standard InChI is InChI=1S/C18H11Cl2F4NO3/c19-12-5-11(6-13(20)7-12)17(18(22,23)24)8-14(25-28-17)15(21)9-1-3-10(4-2-9)16(26)27/h1-7,15H,8H2,(H,26,27). The zero-order valence-corrected chi connectivity index (χ0v) is 15.3. The highest BCUT2D eigenvalue weighted by Gasteiger charge is 2.63. The van der Waals surface area contributed by atoms with E-state index in [1.807, 2.05) is 0 Å². The van der Waals surface area contributed by atoms with Crippen LogP contribution in [0.2, 0.25) is 10.0 Å². The first-order valence-corrected chi connectivity index (χ1v) is 8.54. The van der Waals surface area contributed by atoms with Gasteiger partial charge in [0.25, 0.3) is 5.60 Å². The van der Waals surface area contributed by atoms with Crippen molar-refractivity contribution in [2.45, 2.75) is 24.4 Å². The normalized spacial score (nSPS) is 20.4. The van der Waals surface area contributed by atoms with Gasteiger partial charge in [0.15, 0.2) is 6.17 Å². The van der Waals surface area contributed by atoms with Crippen LogP contribution in [-0.4, -0.2) is 23.0 Å². The number of oxime groups is 1. The molecule has 2 unspecified atom stereocenters. The second-order valence-corrected chi connectivity index (χ2v) is 7.00. The molecule has 2 aromatic rings. The van der Waals surface area contributed by atoms with Crippen LogP contribution in [0.1, 0.15) is 34.1 Å². The van der Waals surface area contributed by atoms with Gasteiger partial charge in [-0.1, -0.05) is 40.5 Å². The molecule has 1 aliphatic rings. The van der Waals surface area contributed by atoms with Gasteiger partial charge in [-0.25, -0.2) is 9.18 Å². The van der Waals surface area contributed by atoms with Crippen LogP contribution in [0.25, 0.3) is 0 Å². The van der Waals surface area contributed by atoms with E-state index in [1.165, 1.54) is 18.2 Å². The number of hydrogen-bond acceptors (Lipinski definition) is 3. The van der Waals surface area contributed by atoms with Crippen molar-refractivity contribution in [3.63, 3.8) is 0 Å². The molecule has 0 aliphatic carbocycles. The Morgan fingerprint density at radius 3 is 2.21 bits per heavy atom. The van der Waals surface area contributed by atoms with Gasteiger partial charge >= 0.3 is 12.1 Å².